The average molecular weight is 233 g/mol. The Balaban J connectivity index is -0.000000107. The van der Waals surface area contributed by atoms with E-state index in [-0.39, 0.29) is 29.6 Å². The second-order valence-electron chi connectivity index (χ2n) is 1.02. The molecule has 64 valence electrons. The van der Waals surface area contributed by atoms with Gasteiger partial charge in [-0.1, -0.05) is 6.08 Å². The number of rotatable bonds is 1. The quantitative estimate of drug-likeness (QED) is 0.302. The Morgan fingerprint density at radius 1 is 1.36 bits per heavy atom. The first-order chi connectivity index (χ1) is 4.27. The van der Waals surface area contributed by atoms with Crippen LogP contribution in [0.1, 0.15) is 0 Å². The van der Waals surface area contributed by atoms with Gasteiger partial charge in [-0.25, -0.2) is 0 Å². The van der Waals surface area contributed by atoms with Crippen LogP contribution in [0.4, 0.5) is 0 Å². The summed E-state index contributed by atoms with van der Waals surface area (Å²) in [6.07, 6.45) is 1.45. The topological polar surface area (TPSA) is 74.6 Å². The third-order valence-corrected chi connectivity index (χ3v) is 0.535. The molecule has 0 aromatic heterocycles. The Morgan fingerprint density at radius 3 is 1.45 bits per heavy atom. The predicted molar refractivity (Wildman–Crippen MR) is 47.0 cm³/mol. The van der Waals surface area contributed by atoms with E-state index in [4.69, 9.17) is 40.7 Å². The number of hydrogen-bond donors (Lipinski definition) is 2. The van der Waals surface area contributed by atoms with Gasteiger partial charge >= 0.3 is 40.0 Å². The SMILES string of the molecule is C=CC(Cl)Cl.O=S(=O)(O)O.[NaH]. The molecule has 8 heteroatoms. The fourth-order valence-corrected chi connectivity index (χ4v) is 0. The zero-order valence-electron chi connectivity index (χ0n) is 4.74. The van der Waals surface area contributed by atoms with Crippen molar-refractivity contribution in [3.63, 3.8) is 0 Å². The molecule has 0 atom stereocenters. The summed E-state index contributed by atoms with van der Waals surface area (Å²) in [5, 5.41) is 0. The van der Waals surface area contributed by atoms with Gasteiger partial charge in [-0.3, -0.25) is 9.11 Å². The van der Waals surface area contributed by atoms with Crippen molar-refractivity contribution in [2.45, 2.75) is 4.84 Å². The summed E-state index contributed by atoms with van der Waals surface area (Å²) in [4.78, 5) is -0.407. The predicted octanol–water partition coefficient (Wildman–Crippen LogP) is 0.675. The molecule has 0 rings (SSSR count). The molecule has 11 heavy (non-hydrogen) atoms. The molecule has 0 saturated heterocycles. The van der Waals surface area contributed by atoms with Crippen LogP contribution in [0.15, 0.2) is 12.7 Å². The van der Waals surface area contributed by atoms with Crippen molar-refractivity contribution in [1.82, 2.24) is 0 Å². The standard InChI is InChI=1S/C3H4Cl2.Na.H2O4S.H/c1-2-3(4)5;;1-5(2,3)4;/h2-3H,1H2;;(H2,1,2,3,4);. The van der Waals surface area contributed by atoms with Crippen molar-refractivity contribution in [3.8, 4) is 0 Å². The summed E-state index contributed by atoms with van der Waals surface area (Å²) in [6.45, 7) is 3.30. The van der Waals surface area contributed by atoms with Crippen molar-refractivity contribution < 1.29 is 17.5 Å². The third-order valence-electron chi connectivity index (χ3n) is 0.178. The van der Waals surface area contributed by atoms with E-state index >= 15 is 0 Å². The Kier molecular flexibility index (Phi) is 15.2. The van der Waals surface area contributed by atoms with Crippen molar-refractivity contribution in [1.29, 1.82) is 0 Å². The number of hydrogen-bond acceptors (Lipinski definition) is 2. The van der Waals surface area contributed by atoms with Gasteiger partial charge in [0.05, 0.1) is 0 Å². The first-order valence-electron chi connectivity index (χ1n) is 1.88. The van der Waals surface area contributed by atoms with E-state index in [1.54, 1.807) is 0 Å². The normalized spacial score (nSPS) is 9.18. The van der Waals surface area contributed by atoms with Crippen molar-refractivity contribution in [2.24, 2.45) is 0 Å². The second-order valence-corrected chi connectivity index (χ2v) is 3.08. The van der Waals surface area contributed by atoms with Gasteiger partial charge in [0.15, 0.2) is 0 Å². The molecule has 4 nitrogen and oxygen atoms in total. The first kappa shape index (κ1) is 18.1. The molecule has 0 fully saturated rings. The van der Waals surface area contributed by atoms with Gasteiger partial charge in [-0.2, -0.15) is 8.42 Å². The van der Waals surface area contributed by atoms with E-state index < -0.39 is 15.2 Å². The van der Waals surface area contributed by atoms with Gasteiger partial charge in [0.1, 0.15) is 4.84 Å². The summed E-state index contributed by atoms with van der Waals surface area (Å²) in [5.74, 6) is 0. The van der Waals surface area contributed by atoms with E-state index in [9.17, 15) is 0 Å². The van der Waals surface area contributed by atoms with Crippen LogP contribution in [-0.4, -0.2) is 51.9 Å². The summed E-state index contributed by atoms with van der Waals surface area (Å²) < 4.78 is 31.6. The summed E-state index contributed by atoms with van der Waals surface area (Å²) >= 11 is 10.2. The molecule has 0 aliphatic rings. The monoisotopic (exact) mass is 232 g/mol. The Bertz CT molecular complexity index is 170. The fraction of sp³-hybridized carbons (Fsp3) is 0.333. The molecule has 0 amide bonds. The van der Waals surface area contributed by atoms with Gasteiger partial charge in [-0.15, -0.1) is 29.8 Å². The maximum absolute atomic E-state index is 8.74. The molecule has 0 aliphatic heterocycles. The maximum atomic E-state index is 8.74. The number of allylic oxidation sites excluding steroid dienone is 1. The van der Waals surface area contributed by atoms with E-state index in [1.807, 2.05) is 0 Å². The van der Waals surface area contributed by atoms with E-state index in [0.29, 0.717) is 0 Å². The Labute approximate surface area is 97.4 Å². The molecule has 0 spiro atoms. The van der Waals surface area contributed by atoms with E-state index in [1.165, 1.54) is 6.08 Å². The minimum atomic E-state index is -4.67. The first-order valence-corrected chi connectivity index (χ1v) is 4.15. The van der Waals surface area contributed by atoms with Crippen LogP contribution in [0.3, 0.4) is 0 Å². The van der Waals surface area contributed by atoms with Crippen LogP contribution >= 0.6 is 23.2 Å². The van der Waals surface area contributed by atoms with Crippen molar-refractivity contribution in [3.05, 3.63) is 12.7 Å². The van der Waals surface area contributed by atoms with Crippen molar-refractivity contribution >= 4 is 63.2 Å². The molecular weight excluding hydrogens is 226 g/mol. The van der Waals surface area contributed by atoms with Gasteiger partial charge < -0.3 is 0 Å². The summed E-state index contributed by atoms with van der Waals surface area (Å²) in [7, 11) is -4.67. The van der Waals surface area contributed by atoms with Crippen LogP contribution < -0.4 is 0 Å². The molecule has 0 aromatic carbocycles. The summed E-state index contributed by atoms with van der Waals surface area (Å²) in [6, 6.07) is 0. The van der Waals surface area contributed by atoms with Crippen LogP contribution in [0, 0.1) is 0 Å². The molecule has 0 bridgehead atoms. The molecule has 0 unspecified atom stereocenters. The minimum absolute atomic E-state index is 0. The Morgan fingerprint density at radius 2 is 1.45 bits per heavy atom. The molecule has 0 saturated carbocycles. The van der Waals surface area contributed by atoms with Crippen LogP contribution in [0.5, 0.6) is 0 Å². The molecule has 2 N–H and O–H groups in total. The molecular formula is C3H7Cl2NaO4S. The third kappa shape index (κ3) is 92.9. The van der Waals surface area contributed by atoms with Gasteiger partial charge in [0, 0.05) is 0 Å². The van der Waals surface area contributed by atoms with E-state index in [0.717, 1.165) is 0 Å². The number of halogens is 2. The van der Waals surface area contributed by atoms with Crippen LogP contribution in [0.25, 0.3) is 0 Å². The zero-order chi connectivity index (χ0) is 8.78. The van der Waals surface area contributed by atoms with Gasteiger partial charge in [0.2, 0.25) is 0 Å². The van der Waals surface area contributed by atoms with E-state index in [2.05, 4.69) is 6.58 Å². The fourth-order valence-electron chi connectivity index (χ4n) is 0. The van der Waals surface area contributed by atoms with Gasteiger partial charge in [0.25, 0.3) is 0 Å². The summed E-state index contributed by atoms with van der Waals surface area (Å²) in [5.41, 5.74) is 0. The molecule has 0 heterocycles. The second kappa shape index (κ2) is 9.28. The molecule has 0 aromatic rings. The van der Waals surface area contributed by atoms with Crippen molar-refractivity contribution in [2.75, 3.05) is 0 Å². The molecule has 0 aliphatic carbocycles. The van der Waals surface area contributed by atoms with Crippen LogP contribution in [0.2, 0.25) is 0 Å². The molecule has 0 radical (unpaired) electrons. The Hall–Kier alpha value is 1.19. The average Bonchev–Trinajstić information content (AvgIpc) is 1.61. The van der Waals surface area contributed by atoms with Crippen LogP contribution in [-0.2, 0) is 10.4 Å². The zero-order valence-corrected chi connectivity index (χ0v) is 7.07. The van der Waals surface area contributed by atoms with Gasteiger partial charge in [-0.05, 0) is 0 Å². The number of alkyl halides is 2.